The number of ether oxygens (including phenoxy) is 2. The van der Waals surface area contributed by atoms with Gasteiger partial charge in [0.2, 0.25) is 6.10 Å². The first-order chi connectivity index (χ1) is 13.6. The van der Waals surface area contributed by atoms with Crippen LogP contribution in [0.5, 0.6) is 5.75 Å². The molecule has 1 aromatic carbocycles. The van der Waals surface area contributed by atoms with E-state index in [-0.39, 0.29) is 41.1 Å². The highest BCUT2D eigenvalue weighted by Crippen LogP contribution is 2.42. The summed E-state index contributed by atoms with van der Waals surface area (Å²) in [5.41, 5.74) is 1.68. The quantitative estimate of drug-likeness (QED) is 0.346. The summed E-state index contributed by atoms with van der Waals surface area (Å²) in [6.45, 7) is 0.903. The molecule has 1 unspecified atom stereocenters. The Bertz CT molecular complexity index is 761. The molecule has 29 heavy (non-hydrogen) atoms. The second-order valence-electron chi connectivity index (χ2n) is 6.02. The van der Waals surface area contributed by atoms with Gasteiger partial charge in [-0.1, -0.05) is 28.8 Å². The number of hydrogen-bond donors (Lipinski definition) is 1. The number of carbonyl (C=O) groups is 1. The lowest BCUT2D eigenvalue weighted by molar-refractivity contribution is -0.188. The molecule has 0 bridgehead atoms. The maximum atomic E-state index is 13.4. The molecule has 1 atom stereocenters. The van der Waals surface area contributed by atoms with Gasteiger partial charge in [-0.05, 0) is 25.3 Å². The van der Waals surface area contributed by atoms with Crippen molar-refractivity contribution in [3.05, 3.63) is 33.3 Å². The first kappa shape index (κ1) is 23.7. The van der Waals surface area contributed by atoms with Crippen LogP contribution in [0.25, 0.3) is 6.08 Å². The smallest absolute Gasteiger partial charge is 0.430 e. The highest BCUT2D eigenvalue weighted by Gasteiger charge is 2.49. The summed E-state index contributed by atoms with van der Waals surface area (Å²) in [4.78, 5) is 23.4. The van der Waals surface area contributed by atoms with Gasteiger partial charge in [-0.3, -0.25) is 9.68 Å². The molecule has 2 rings (SSSR count). The molecule has 162 valence electrons. The topological polar surface area (TPSA) is 69.3 Å². The van der Waals surface area contributed by atoms with Crippen LogP contribution in [0.1, 0.15) is 5.56 Å². The molecule has 0 aliphatic carbocycles. The molecule has 1 aromatic rings. The van der Waals surface area contributed by atoms with Gasteiger partial charge in [0, 0.05) is 23.7 Å². The molecule has 1 aliphatic rings. The summed E-state index contributed by atoms with van der Waals surface area (Å²) >= 11 is 11.8. The maximum Gasteiger partial charge on any atom is 0.430 e. The van der Waals surface area contributed by atoms with Crippen molar-refractivity contribution in [1.29, 1.82) is 0 Å². The van der Waals surface area contributed by atoms with Crippen LogP contribution in [0.2, 0.25) is 10.0 Å². The Labute approximate surface area is 175 Å². The number of rotatable bonds is 9. The van der Waals surface area contributed by atoms with Crippen LogP contribution < -0.4 is 10.4 Å². The van der Waals surface area contributed by atoms with Crippen LogP contribution in [0.3, 0.4) is 0 Å². The Balaban J connectivity index is 2.05. The van der Waals surface area contributed by atoms with Crippen molar-refractivity contribution in [3.63, 3.8) is 0 Å². The van der Waals surface area contributed by atoms with Gasteiger partial charge >= 0.3 is 12.1 Å². The third kappa shape index (κ3) is 6.73. The van der Waals surface area contributed by atoms with Gasteiger partial charge in [0.1, 0.15) is 12.4 Å². The van der Waals surface area contributed by atoms with Crippen LogP contribution in [0.4, 0.5) is 13.2 Å². The number of fused-ring (bicyclic) bond motifs is 1. The first-order valence-corrected chi connectivity index (χ1v) is 9.08. The fourth-order valence-electron chi connectivity index (χ4n) is 2.44. The van der Waals surface area contributed by atoms with Gasteiger partial charge in [0.25, 0.3) is 0 Å². The molecule has 1 heterocycles. The van der Waals surface area contributed by atoms with E-state index in [9.17, 15) is 18.0 Å². The van der Waals surface area contributed by atoms with E-state index in [4.69, 9.17) is 37.5 Å². The van der Waals surface area contributed by atoms with Gasteiger partial charge < -0.3 is 14.4 Å². The van der Waals surface area contributed by atoms with Crippen LogP contribution in [-0.4, -0.2) is 63.6 Å². The molecule has 0 saturated carbocycles. The summed E-state index contributed by atoms with van der Waals surface area (Å²) in [6.07, 6.45) is -6.30. The zero-order valence-corrected chi connectivity index (χ0v) is 17.0. The minimum Gasteiger partial charge on any atom is -0.474 e. The molecule has 0 saturated heterocycles. The number of alkyl halides is 3. The third-order valence-electron chi connectivity index (χ3n) is 3.82. The van der Waals surface area contributed by atoms with Crippen LogP contribution >= 0.6 is 23.2 Å². The summed E-state index contributed by atoms with van der Waals surface area (Å²) < 4.78 is 50.3. The number of halogens is 5. The molecular weight excluding hydrogens is 440 g/mol. The van der Waals surface area contributed by atoms with Crippen molar-refractivity contribution < 1.29 is 37.1 Å². The zero-order chi connectivity index (χ0) is 21.6. The second kappa shape index (κ2) is 10.5. The molecule has 0 radical (unpaired) electrons. The van der Waals surface area contributed by atoms with Crippen LogP contribution in [-0.2, 0) is 19.2 Å². The van der Waals surface area contributed by atoms with Crippen molar-refractivity contribution in [1.82, 2.24) is 10.5 Å². The van der Waals surface area contributed by atoms with Crippen molar-refractivity contribution in [2.75, 3.05) is 40.5 Å². The van der Waals surface area contributed by atoms with Crippen molar-refractivity contribution >= 4 is 35.2 Å². The minimum absolute atomic E-state index is 0.0859. The molecule has 1 N–H and O–H groups in total. The van der Waals surface area contributed by atoms with E-state index in [2.05, 4.69) is 10.5 Å². The monoisotopic (exact) mass is 458 g/mol. The lowest BCUT2D eigenvalue weighted by atomic mass is 10.0. The van der Waals surface area contributed by atoms with Crippen molar-refractivity contribution in [3.8, 4) is 5.75 Å². The number of nitrogens with one attached hydrogen (secondary N) is 1. The SMILES string of the molecule is CONOCCN(C)CCOC(=O)C1=Cc2cc(Cl)cc(Cl)c2OC1C(F)(F)F. The second-order valence-corrected chi connectivity index (χ2v) is 6.86. The zero-order valence-electron chi connectivity index (χ0n) is 15.5. The fraction of sp³-hybridized carbons (Fsp3) is 0.471. The number of carbonyl (C=O) groups excluding carboxylic acids is 1. The molecule has 0 amide bonds. The predicted molar refractivity (Wildman–Crippen MR) is 99.5 cm³/mol. The van der Waals surface area contributed by atoms with Gasteiger partial charge in [-0.2, -0.15) is 13.2 Å². The van der Waals surface area contributed by atoms with E-state index in [1.54, 1.807) is 11.9 Å². The average Bonchev–Trinajstić information content (AvgIpc) is 2.63. The maximum absolute atomic E-state index is 13.4. The molecule has 0 fully saturated rings. The normalized spacial score (nSPS) is 16.3. The molecule has 1 aliphatic heterocycles. The summed E-state index contributed by atoms with van der Waals surface area (Å²) in [7, 11) is 3.12. The molecule has 7 nitrogen and oxygen atoms in total. The van der Waals surface area contributed by atoms with Gasteiger partial charge in [0.15, 0.2) is 0 Å². The van der Waals surface area contributed by atoms with E-state index < -0.39 is 23.8 Å². The van der Waals surface area contributed by atoms with Crippen LogP contribution in [0.15, 0.2) is 17.7 Å². The minimum atomic E-state index is -4.84. The fourth-order valence-corrected chi connectivity index (χ4v) is 2.99. The first-order valence-electron chi connectivity index (χ1n) is 8.33. The highest BCUT2D eigenvalue weighted by atomic mass is 35.5. The predicted octanol–water partition coefficient (Wildman–Crippen LogP) is 3.26. The molecule has 0 aromatic heterocycles. The van der Waals surface area contributed by atoms with Gasteiger partial charge in [-0.25, -0.2) is 4.79 Å². The number of benzene rings is 1. The van der Waals surface area contributed by atoms with Crippen molar-refractivity contribution in [2.45, 2.75) is 12.3 Å². The average molecular weight is 459 g/mol. The summed E-state index contributed by atoms with van der Waals surface area (Å²) in [5, 5.41) is 0.107. The summed E-state index contributed by atoms with van der Waals surface area (Å²) in [5.74, 6) is -1.33. The largest absolute Gasteiger partial charge is 0.474 e. The third-order valence-corrected chi connectivity index (χ3v) is 4.32. The van der Waals surface area contributed by atoms with Gasteiger partial charge in [0.05, 0.1) is 24.3 Å². The Morgan fingerprint density at radius 2 is 1.97 bits per heavy atom. The van der Waals surface area contributed by atoms with Gasteiger partial charge in [-0.15, -0.1) is 0 Å². The highest BCUT2D eigenvalue weighted by molar-refractivity contribution is 6.36. The number of esters is 1. The van der Waals surface area contributed by atoms with Crippen molar-refractivity contribution in [2.24, 2.45) is 0 Å². The lowest BCUT2D eigenvalue weighted by Gasteiger charge is -2.28. The molecule has 0 spiro atoms. The van der Waals surface area contributed by atoms with E-state index in [1.807, 2.05) is 0 Å². The molecular formula is C17H19Cl2F3N2O5. The number of nitrogens with zero attached hydrogens (tertiary/aromatic N) is 1. The Kier molecular flexibility index (Phi) is 8.56. The number of hydrogen-bond acceptors (Lipinski definition) is 7. The Morgan fingerprint density at radius 1 is 1.28 bits per heavy atom. The van der Waals surface area contributed by atoms with E-state index in [0.29, 0.717) is 6.54 Å². The molecule has 12 heteroatoms. The Hall–Kier alpha value is -1.56. The summed E-state index contributed by atoms with van der Waals surface area (Å²) in [6, 6.07) is 2.61. The lowest BCUT2D eigenvalue weighted by Crippen LogP contribution is -2.41. The van der Waals surface area contributed by atoms with E-state index >= 15 is 0 Å². The van der Waals surface area contributed by atoms with Crippen LogP contribution in [0, 0.1) is 0 Å². The van der Waals surface area contributed by atoms with E-state index in [1.165, 1.54) is 19.2 Å². The standard InChI is InChI=1S/C17H19Cl2F3N2O5/c1-24(4-6-28-23-26-2)3-5-27-16(25)12-8-10-7-11(18)9-13(19)14(10)29-15(12)17(20,21)22/h7-9,15,23H,3-6H2,1-2H3. The Morgan fingerprint density at radius 3 is 2.62 bits per heavy atom. The van der Waals surface area contributed by atoms with E-state index in [0.717, 1.165) is 6.08 Å². The number of likely N-dealkylation sites (N-methyl/N-ethyl adjacent to an activating group) is 1.